The molecule has 0 spiro atoms. The van der Waals surface area contributed by atoms with Crippen molar-refractivity contribution in [1.82, 2.24) is 0 Å². The Bertz CT molecular complexity index is 205. The molecule has 0 aromatic heterocycles. The number of carbonyl (C=O) groups is 1. The molecule has 0 bridgehead atoms. The van der Waals surface area contributed by atoms with Crippen molar-refractivity contribution in [3.05, 3.63) is 11.6 Å². The van der Waals surface area contributed by atoms with Gasteiger partial charge in [0.2, 0.25) is 0 Å². The van der Waals surface area contributed by atoms with Gasteiger partial charge < -0.3 is 0 Å². The topological polar surface area (TPSA) is 17.1 Å². The second-order valence-corrected chi connectivity index (χ2v) is 2.20. The fraction of sp³-hybridized carbons (Fsp3) is 0.375. The zero-order valence-corrected chi connectivity index (χ0v) is 5.35. The lowest BCUT2D eigenvalue weighted by atomic mass is 10.0. The molecule has 1 atom stereocenters. The quantitative estimate of drug-likeness (QED) is 0.438. The van der Waals surface area contributed by atoms with Gasteiger partial charge in [0.15, 0.2) is 0 Å². The molecule has 1 rings (SSSR count). The third-order valence-corrected chi connectivity index (χ3v) is 1.64. The summed E-state index contributed by atoms with van der Waals surface area (Å²) in [7, 11) is 0. The molecule has 0 amide bonds. The van der Waals surface area contributed by atoms with Gasteiger partial charge in [-0.25, -0.2) is 0 Å². The van der Waals surface area contributed by atoms with Crippen LogP contribution in [0.5, 0.6) is 0 Å². The van der Waals surface area contributed by atoms with Crippen LogP contribution in [0.2, 0.25) is 0 Å². The maximum atomic E-state index is 10.8. The standard InChI is InChI=1S/C8H8O/c1-3-7-4-5-8(9)6(7)2/h1,4,6H,5H2,2H3. The molecule has 1 unspecified atom stereocenters. The maximum absolute atomic E-state index is 10.8. The van der Waals surface area contributed by atoms with Crippen molar-refractivity contribution in [2.24, 2.45) is 5.92 Å². The molecule has 1 heteroatoms. The van der Waals surface area contributed by atoms with Gasteiger partial charge in [-0.15, -0.1) is 6.42 Å². The summed E-state index contributed by atoms with van der Waals surface area (Å²) in [4.78, 5) is 10.8. The monoisotopic (exact) mass is 120 g/mol. The minimum absolute atomic E-state index is 0.0185. The van der Waals surface area contributed by atoms with Gasteiger partial charge in [0.05, 0.1) is 0 Å². The van der Waals surface area contributed by atoms with Crippen LogP contribution in [0.4, 0.5) is 0 Å². The Labute approximate surface area is 54.8 Å². The van der Waals surface area contributed by atoms with Crippen LogP contribution in [0.15, 0.2) is 11.6 Å². The Kier molecular flexibility index (Phi) is 1.40. The summed E-state index contributed by atoms with van der Waals surface area (Å²) < 4.78 is 0. The summed E-state index contributed by atoms with van der Waals surface area (Å²) in [6.07, 6.45) is 7.47. The van der Waals surface area contributed by atoms with Gasteiger partial charge in [-0.05, 0) is 0 Å². The molecule has 0 aromatic carbocycles. The summed E-state index contributed by atoms with van der Waals surface area (Å²) in [5.74, 6) is 2.70. The van der Waals surface area contributed by atoms with E-state index in [1.165, 1.54) is 0 Å². The highest BCUT2D eigenvalue weighted by molar-refractivity contribution is 5.89. The Morgan fingerprint density at radius 1 is 1.89 bits per heavy atom. The summed E-state index contributed by atoms with van der Waals surface area (Å²) in [5.41, 5.74) is 0.847. The first-order valence-corrected chi connectivity index (χ1v) is 2.95. The average molecular weight is 120 g/mol. The van der Waals surface area contributed by atoms with E-state index < -0.39 is 0 Å². The first-order chi connectivity index (χ1) is 4.25. The molecular formula is C8H8O. The van der Waals surface area contributed by atoms with E-state index in [4.69, 9.17) is 6.42 Å². The average Bonchev–Trinajstić information content (AvgIpc) is 2.15. The predicted molar refractivity (Wildman–Crippen MR) is 35.7 cm³/mol. The van der Waals surface area contributed by atoms with E-state index in [2.05, 4.69) is 5.92 Å². The molecule has 0 radical (unpaired) electrons. The molecule has 9 heavy (non-hydrogen) atoms. The first-order valence-electron chi connectivity index (χ1n) is 2.95. The summed E-state index contributed by atoms with van der Waals surface area (Å²) in [5, 5.41) is 0. The third-order valence-electron chi connectivity index (χ3n) is 1.64. The van der Waals surface area contributed by atoms with Gasteiger partial charge in [-0.2, -0.15) is 0 Å². The van der Waals surface area contributed by atoms with Crippen LogP contribution in [-0.4, -0.2) is 5.78 Å². The van der Waals surface area contributed by atoms with Crippen LogP contribution in [0, 0.1) is 18.3 Å². The molecule has 0 saturated carbocycles. The van der Waals surface area contributed by atoms with Crippen LogP contribution < -0.4 is 0 Å². The molecule has 0 aromatic rings. The lowest BCUT2D eigenvalue weighted by Crippen LogP contribution is -2.03. The van der Waals surface area contributed by atoms with Crippen LogP contribution in [0.3, 0.4) is 0 Å². The van der Waals surface area contributed by atoms with Crippen molar-refractivity contribution in [2.45, 2.75) is 13.3 Å². The molecule has 0 N–H and O–H groups in total. The van der Waals surface area contributed by atoms with Gasteiger partial charge in [-0.1, -0.05) is 18.9 Å². The number of ketones is 1. The van der Waals surface area contributed by atoms with Gasteiger partial charge in [0, 0.05) is 17.9 Å². The van der Waals surface area contributed by atoms with Crippen LogP contribution in [0.1, 0.15) is 13.3 Å². The SMILES string of the molecule is C#CC1=CCC(=O)C1C. The number of carbonyl (C=O) groups excluding carboxylic acids is 1. The molecule has 1 nitrogen and oxygen atoms in total. The molecule has 0 saturated heterocycles. The van der Waals surface area contributed by atoms with E-state index in [9.17, 15) is 4.79 Å². The largest absolute Gasteiger partial charge is 0.299 e. The third kappa shape index (κ3) is 0.882. The van der Waals surface area contributed by atoms with Crippen molar-refractivity contribution in [2.75, 3.05) is 0 Å². The van der Waals surface area contributed by atoms with Gasteiger partial charge in [-0.3, -0.25) is 4.79 Å². The Balaban J connectivity index is 2.81. The van der Waals surface area contributed by atoms with Gasteiger partial charge in [0.25, 0.3) is 0 Å². The van der Waals surface area contributed by atoms with Crippen molar-refractivity contribution in [3.8, 4) is 12.3 Å². The van der Waals surface area contributed by atoms with Crippen LogP contribution in [-0.2, 0) is 4.79 Å². The Morgan fingerprint density at radius 3 is 2.78 bits per heavy atom. The van der Waals surface area contributed by atoms with E-state index >= 15 is 0 Å². The highest BCUT2D eigenvalue weighted by Gasteiger charge is 2.20. The second-order valence-electron chi connectivity index (χ2n) is 2.20. The van der Waals surface area contributed by atoms with E-state index in [0.29, 0.717) is 6.42 Å². The highest BCUT2D eigenvalue weighted by atomic mass is 16.1. The number of Topliss-reactive ketones (excluding diaryl/α,β-unsaturated/α-hetero) is 1. The lowest BCUT2D eigenvalue weighted by molar-refractivity contribution is -0.119. The predicted octanol–water partition coefficient (Wildman–Crippen LogP) is 1.15. The van der Waals surface area contributed by atoms with Crippen LogP contribution in [0.25, 0.3) is 0 Å². The summed E-state index contributed by atoms with van der Waals surface area (Å²) >= 11 is 0. The molecule has 46 valence electrons. The normalized spacial score (nSPS) is 25.6. The number of hydrogen-bond acceptors (Lipinski definition) is 1. The fourth-order valence-corrected chi connectivity index (χ4v) is 0.921. The maximum Gasteiger partial charge on any atom is 0.144 e. The lowest BCUT2D eigenvalue weighted by Gasteiger charge is -1.97. The van der Waals surface area contributed by atoms with Crippen molar-refractivity contribution >= 4 is 5.78 Å². The van der Waals surface area contributed by atoms with E-state index in [0.717, 1.165) is 5.57 Å². The molecule has 0 aliphatic heterocycles. The molecular weight excluding hydrogens is 112 g/mol. The van der Waals surface area contributed by atoms with Crippen molar-refractivity contribution < 1.29 is 4.79 Å². The first kappa shape index (κ1) is 6.10. The number of hydrogen-bond donors (Lipinski definition) is 0. The number of allylic oxidation sites excluding steroid dienone is 2. The molecule has 1 aliphatic rings. The Morgan fingerprint density at radius 2 is 2.56 bits per heavy atom. The molecule has 1 aliphatic carbocycles. The number of terminal acetylenes is 1. The second kappa shape index (κ2) is 2.06. The molecule has 0 fully saturated rings. The van der Waals surface area contributed by atoms with E-state index in [1.54, 1.807) is 0 Å². The zero-order valence-electron chi connectivity index (χ0n) is 5.35. The van der Waals surface area contributed by atoms with Gasteiger partial charge in [0.1, 0.15) is 5.78 Å². The fourth-order valence-electron chi connectivity index (χ4n) is 0.921. The van der Waals surface area contributed by atoms with Crippen molar-refractivity contribution in [1.29, 1.82) is 0 Å². The Hall–Kier alpha value is -1.03. The smallest absolute Gasteiger partial charge is 0.144 e. The summed E-state index contributed by atoms with van der Waals surface area (Å²) in [6.45, 7) is 1.85. The molecule has 0 heterocycles. The van der Waals surface area contributed by atoms with Gasteiger partial charge >= 0.3 is 0 Å². The van der Waals surface area contributed by atoms with E-state index in [1.807, 2.05) is 13.0 Å². The van der Waals surface area contributed by atoms with E-state index in [-0.39, 0.29) is 11.7 Å². The highest BCUT2D eigenvalue weighted by Crippen LogP contribution is 2.20. The summed E-state index contributed by atoms with van der Waals surface area (Å²) in [6, 6.07) is 0. The minimum atomic E-state index is -0.0185. The zero-order chi connectivity index (χ0) is 6.85. The van der Waals surface area contributed by atoms with Crippen LogP contribution >= 0.6 is 0 Å². The van der Waals surface area contributed by atoms with Crippen molar-refractivity contribution in [3.63, 3.8) is 0 Å². The minimum Gasteiger partial charge on any atom is -0.299 e. The number of rotatable bonds is 0.